The average Bonchev–Trinajstić information content (AvgIpc) is 2.73. The molecule has 2 rings (SSSR count). The van der Waals surface area contributed by atoms with Gasteiger partial charge in [-0.3, -0.25) is 4.99 Å². The molecule has 1 heterocycles. The zero-order valence-electron chi connectivity index (χ0n) is 17.7. The van der Waals surface area contributed by atoms with Gasteiger partial charge in [0, 0.05) is 33.2 Å². The van der Waals surface area contributed by atoms with Crippen LogP contribution in [0.15, 0.2) is 35.3 Å². The Kier molecular flexibility index (Phi) is 12.1. The molecular formula is C20H32F3IN4O2S. The number of hydrogen-bond donors (Lipinski definition) is 2. The van der Waals surface area contributed by atoms with Crippen molar-refractivity contribution in [1.29, 1.82) is 0 Å². The summed E-state index contributed by atoms with van der Waals surface area (Å²) in [5.41, 5.74) is -3.89. The predicted molar refractivity (Wildman–Crippen MR) is 128 cm³/mol. The Morgan fingerprint density at radius 3 is 2.32 bits per heavy atom. The SMILES string of the molecule is CN=C(NCCCCCc1ccccc1)NCC1CCN(S(=O)(=O)C(F)(F)F)CC1.I. The van der Waals surface area contributed by atoms with Gasteiger partial charge < -0.3 is 10.6 Å². The van der Waals surface area contributed by atoms with Gasteiger partial charge in [0.05, 0.1) is 0 Å². The quantitative estimate of drug-likeness (QED) is 0.204. The van der Waals surface area contributed by atoms with E-state index in [0.29, 0.717) is 29.7 Å². The molecule has 1 fully saturated rings. The number of alkyl halides is 3. The van der Waals surface area contributed by atoms with E-state index in [1.165, 1.54) is 5.56 Å². The molecule has 0 bridgehead atoms. The van der Waals surface area contributed by atoms with Crippen LogP contribution in [-0.4, -0.2) is 57.4 Å². The molecule has 0 aliphatic carbocycles. The highest BCUT2D eigenvalue weighted by atomic mass is 127. The molecule has 1 aliphatic rings. The monoisotopic (exact) mass is 576 g/mol. The molecule has 1 aromatic carbocycles. The lowest BCUT2D eigenvalue weighted by molar-refractivity contribution is -0.0496. The normalized spacial score (nSPS) is 16.6. The lowest BCUT2D eigenvalue weighted by atomic mass is 9.98. The first-order valence-corrected chi connectivity index (χ1v) is 11.7. The molecule has 0 saturated carbocycles. The Morgan fingerprint density at radius 1 is 1.10 bits per heavy atom. The number of rotatable bonds is 9. The molecule has 0 amide bonds. The minimum atomic E-state index is -5.23. The van der Waals surface area contributed by atoms with Crippen LogP contribution >= 0.6 is 24.0 Å². The van der Waals surface area contributed by atoms with Crippen LogP contribution in [0.2, 0.25) is 0 Å². The first-order chi connectivity index (χ1) is 14.2. The van der Waals surface area contributed by atoms with Crippen molar-refractivity contribution >= 4 is 40.0 Å². The number of piperidine rings is 1. The highest BCUT2D eigenvalue weighted by Crippen LogP contribution is 2.30. The number of sulfonamides is 1. The lowest BCUT2D eigenvalue weighted by Crippen LogP contribution is -2.47. The summed E-state index contributed by atoms with van der Waals surface area (Å²) in [5, 5.41) is 6.43. The molecule has 0 aromatic heterocycles. The second-order valence-corrected chi connectivity index (χ2v) is 9.40. The van der Waals surface area contributed by atoms with Gasteiger partial charge in [0.15, 0.2) is 5.96 Å². The number of aryl methyl sites for hydroxylation is 1. The molecule has 0 spiro atoms. The van der Waals surface area contributed by atoms with Gasteiger partial charge in [-0.25, -0.2) is 8.42 Å². The van der Waals surface area contributed by atoms with Gasteiger partial charge in [0.1, 0.15) is 0 Å². The van der Waals surface area contributed by atoms with Crippen LogP contribution in [0.4, 0.5) is 13.2 Å². The second-order valence-electron chi connectivity index (χ2n) is 7.47. The maximum Gasteiger partial charge on any atom is 0.511 e. The van der Waals surface area contributed by atoms with Crippen molar-refractivity contribution in [3.8, 4) is 0 Å². The van der Waals surface area contributed by atoms with Crippen molar-refractivity contribution in [2.24, 2.45) is 10.9 Å². The van der Waals surface area contributed by atoms with Gasteiger partial charge >= 0.3 is 15.5 Å². The molecule has 1 aliphatic heterocycles. The van der Waals surface area contributed by atoms with Crippen LogP contribution in [0.5, 0.6) is 0 Å². The zero-order valence-corrected chi connectivity index (χ0v) is 20.8. The maximum absolute atomic E-state index is 12.6. The molecule has 11 heteroatoms. The molecule has 0 atom stereocenters. The fourth-order valence-electron chi connectivity index (χ4n) is 3.44. The first kappa shape index (κ1) is 28.0. The van der Waals surface area contributed by atoms with E-state index in [2.05, 4.69) is 27.8 Å². The topological polar surface area (TPSA) is 73.8 Å². The van der Waals surface area contributed by atoms with Crippen molar-refractivity contribution < 1.29 is 21.6 Å². The number of nitrogens with one attached hydrogen (secondary N) is 2. The molecule has 6 nitrogen and oxygen atoms in total. The van der Waals surface area contributed by atoms with Gasteiger partial charge in [-0.2, -0.15) is 17.5 Å². The number of unbranched alkanes of at least 4 members (excludes halogenated alkanes) is 2. The van der Waals surface area contributed by atoms with Gasteiger partial charge in [0.25, 0.3) is 0 Å². The fourth-order valence-corrected chi connectivity index (χ4v) is 4.43. The Hall–Kier alpha value is -1.08. The van der Waals surface area contributed by atoms with E-state index in [-0.39, 0.29) is 43.0 Å². The molecule has 1 aromatic rings. The van der Waals surface area contributed by atoms with E-state index < -0.39 is 15.5 Å². The number of halogens is 4. The fraction of sp³-hybridized carbons (Fsp3) is 0.650. The van der Waals surface area contributed by atoms with Gasteiger partial charge in [-0.15, -0.1) is 24.0 Å². The van der Waals surface area contributed by atoms with Crippen molar-refractivity contribution in [3.05, 3.63) is 35.9 Å². The van der Waals surface area contributed by atoms with Crippen LogP contribution in [0.25, 0.3) is 0 Å². The number of aliphatic imine (C=N–C) groups is 1. The summed E-state index contributed by atoms with van der Waals surface area (Å²) in [4.78, 5) is 4.16. The highest BCUT2D eigenvalue weighted by Gasteiger charge is 2.50. The Bertz CT molecular complexity index is 768. The predicted octanol–water partition coefficient (Wildman–Crippen LogP) is 3.74. The van der Waals surface area contributed by atoms with Crippen molar-refractivity contribution in [3.63, 3.8) is 0 Å². The van der Waals surface area contributed by atoms with E-state index >= 15 is 0 Å². The number of guanidine groups is 1. The zero-order chi connectivity index (χ0) is 22.0. The number of hydrogen-bond acceptors (Lipinski definition) is 3. The molecule has 1 saturated heterocycles. The average molecular weight is 576 g/mol. The van der Waals surface area contributed by atoms with Crippen molar-refractivity contribution in [1.82, 2.24) is 14.9 Å². The minimum absolute atomic E-state index is 0. The van der Waals surface area contributed by atoms with Crippen LogP contribution in [-0.2, 0) is 16.4 Å². The van der Waals surface area contributed by atoms with Crippen LogP contribution in [0.1, 0.15) is 37.7 Å². The summed E-state index contributed by atoms with van der Waals surface area (Å²) in [6.07, 6.45) is 5.08. The number of nitrogens with zero attached hydrogens (tertiary/aromatic N) is 2. The van der Waals surface area contributed by atoms with Crippen molar-refractivity contribution in [2.45, 2.75) is 44.0 Å². The van der Waals surface area contributed by atoms with E-state index in [0.717, 1.165) is 32.2 Å². The standard InChI is InChI=1S/C20H31F3N4O2S.HI/c1-24-19(25-13-7-3-6-10-17-8-4-2-5-9-17)26-16-18-11-14-27(15-12-18)30(28,29)20(21,22)23;/h2,4-5,8-9,18H,3,6-7,10-16H2,1H3,(H2,24,25,26);1H. The lowest BCUT2D eigenvalue weighted by Gasteiger charge is -2.31. The molecule has 178 valence electrons. The van der Waals surface area contributed by atoms with E-state index in [9.17, 15) is 21.6 Å². The van der Waals surface area contributed by atoms with E-state index in [4.69, 9.17) is 0 Å². The summed E-state index contributed by atoms with van der Waals surface area (Å²) in [6.45, 7) is 1.12. The van der Waals surface area contributed by atoms with Crippen LogP contribution in [0, 0.1) is 5.92 Å². The largest absolute Gasteiger partial charge is 0.511 e. The molecule has 31 heavy (non-hydrogen) atoms. The van der Waals surface area contributed by atoms with Crippen molar-refractivity contribution in [2.75, 3.05) is 33.2 Å². The second kappa shape index (κ2) is 13.5. The summed E-state index contributed by atoms with van der Waals surface area (Å²) in [5.74, 6) is 0.762. The van der Waals surface area contributed by atoms with Gasteiger partial charge in [0.2, 0.25) is 0 Å². The smallest absolute Gasteiger partial charge is 0.356 e. The third-order valence-corrected chi connectivity index (χ3v) is 6.90. The summed E-state index contributed by atoms with van der Waals surface area (Å²) in [6, 6.07) is 10.4. The minimum Gasteiger partial charge on any atom is -0.356 e. The van der Waals surface area contributed by atoms with E-state index in [1.54, 1.807) is 7.05 Å². The maximum atomic E-state index is 12.6. The summed E-state index contributed by atoms with van der Waals surface area (Å²) < 4.78 is 61.3. The Balaban J connectivity index is 0.00000480. The third kappa shape index (κ3) is 9.13. The van der Waals surface area contributed by atoms with Gasteiger partial charge in [-0.05, 0) is 43.6 Å². The first-order valence-electron chi connectivity index (χ1n) is 10.3. The molecule has 2 N–H and O–H groups in total. The Morgan fingerprint density at radius 2 is 1.74 bits per heavy atom. The number of benzene rings is 1. The third-order valence-electron chi connectivity index (χ3n) is 5.27. The summed E-state index contributed by atoms with van der Waals surface area (Å²) >= 11 is 0. The van der Waals surface area contributed by atoms with Crippen LogP contribution < -0.4 is 10.6 Å². The summed E-state index contributed by atoms with van der Waals surface area (Å²) in [7, 11) is -3.55. The van der Waals surface area contributed by atoms with Gasteiger partial charge in [-0.1, -0.05) is 36.8 Å². The Labute approximate surface area is 200 Å². The van der Waals surface area contributed by atoms with E-state index in [1.807, 2.05) is 18.2 Å². The molecule has 0 radical (unpaired) electrons. The molecule has 0 unspecified atom stereocenters. The van der Waals surface area contributed by atoms with Crippen LogP contribution in [0.3, 0.4) is 0 Å². The molecular weight excluding hydrogens is 544 g/mol. The highest BCUT2D eigenvalue weighted by molar-refractivity contribution is 14.0.